The van der Waals surface area contributed by atoms with Gasteiger partial charge >= 0.3 is 0 Å². The first-order valence-electron chi connectivity index (χ1n) is 15.8. The van der Waals surface area contributed by atoms with Crippen molar-refractivity contribution in [1.29, 1.82) is 0 Å². The lowest BCUT2D eigenvalue weighted by atomic mass is 9.70. The molecule has 7 rings (SSSR count). The first-order valence-corrected chi connectivity index (χ1v) is 17.5. The Balaban J connectivity index is 0.000000200. The van der Waals surface area contributed by atoms with Crippen LogP contribution in [0.2, 0.25) is 0 Å². The van der Waals surface area contributed by atoms with Crippen LogP contribution in [0, 0.1) is 16.7 Å². The molecule has 244 valence electrons. The van der Waals surface area contributed by atoms with E-state index < -0.39 is 21.3 Å². The van der Waals surface area contributed by atoms with Crippen LogP contribution in [0.5, 0.6) is 23.0 Å². The molecule has 45 heavy (non-hydrogen) atoms. The summed E-state index contributed by atoms with van der Waals surface area (Å²) >= 11 is 0. The van der Waals surface area contributed by atoms with Crippen LogP contribution < -0.4 is 18.9 Å². The van der Waals surface area contributed by atoms with Crippen LogP contribution in [0.1, 0.15) is 63.5 Å². The summed E-state index contributed by atoms with van der Waals surface area (Å²) in [6.07, 6.45) is 6.94. The minimum atomic E-state index is -4.08. The van der Waals surface area contributed by atoms with E-state index in [9.17, 15) is 13.2 Å². The molecule has 0 radical (unpaired) electrons. The van der Waals surface area contributed by atoms with Gasteiger partial charge in [-0.2, -0.15) is 8.42 Å². The zero-order valence-electron chi connectivity index (χ0n) is 27.2. The third-order valence-corrected chi connectivity index (χ3v) is 12.3. The molecule has 2 saturated carbocycles. The summed E-state index contributed by atoms with van der Waals surface area (Å²) in [7, 11) is 2.70. The van der Waals surface area contributed by atoms with E-state index in [0.717, 1.165) is 47.8 Å². The number of carbonyl (C=O) groups excluding carboxylic acids is 1. The summed E-state index contributed by atoms with van der Waals surface area (Å²) in [5, 5.41) is 4.84. The molecule has 3 aromatic carbocycles. The van der Waals surface area contributed by atoms with E-state index in [1.165, 1.54) is 53.1 Å². The van der Waals surface area contributed by atoms with Crippen molar-refractivity contribution < 1.29 is 36.7 Å². The van der Waals surface area contributed by atoms with Gasteiger partial charge in [-0.25, -0.2) is 0 Å². The average molecular weight is 640 g/mol. The van der Waals surface area contributed by atoms with E-state index in [-0.39, 0.29) is 17.1 Å². The summed E-state index contributed by atoms with van der Waals surface area (Å²) in [6.45, 7) is 6.06. The number of methoxy groups -OCH3 is 4. The number of benzene rings is 3. The average Bonchev–Trinajstić information content (AvgIpc) is 3.36. The van der Waals surface area contributed by atoms with Crippen molar-refractivity contribution in [3.8, 4) is 23.0 Å². The maximum Gasteiger partial charge on any atom is 0.265 e. The van der Waals surface area contributed by atoms with Crippen molar-refractivity contribution in [2.24, 2.45) is 16.7 Å². The fourth-order valence-corrected chi connectivity index (χ4v) is 10.1. The highest BCUT2D eigenvalue weighted by Gasteiger charge is 2.65. The third kappa shape index (κ3) is 5.22. The number of ether oxygens (including phenoxy) is 4. The van der Waals surface area contributed by atoms with Gasteiger partial charge in [0.2, 0.25) is 0 Å². The van der Waals surface area contributed by atoms with Gasteiger partial charge in [-0.3, -0.25) is 14.2 Å². The Hall–Kier alpha value is -3.08. The maximum atomic E-state index is 11.9. The van der Waals surface area contributed by atoms with Crippen LogP contribution in [0.15, 0.2) is 24.3 Å². The second kappa shape index (κ2) is 11.6. The number of nitrogens with zero attached hydrogens (tertiary/aromatic N) is 1. The summed E-state index contributed by atoms with van der Waals surface area (Å²) in [5.41, 5.74) is 1.73. The van der Waals surface area contributed by atoms with Gasteiger partial charge in [0.25, 0.3) is 10.1 Å². The standard InChI is InChI=1S/C25H29NO4.C10H16O4S/c1-27-22-10-17-16-9-15-7-5-6-8-26(15)14-21(16)20-13-25(30-4)24(29-3)12-19(20)18(17)11-23(22)28-2;1-9(2)7-3-4-10(9,8(11)5-7)6-15(12,13)14/h10-13,15H,5-9,14H2,1-4H3;7H,3-6H2,1-2H3,(H,12,13,14)/t;7-,10-/m.0/s1. The van der Waals surface area contributed by atoms with Gasteiger partial charge in [0.05, 0.1) is 39.6 Å². The van der Waals surface area contributed by atoms with Crippen LogP contribution in [-0.4, -0.2) is 70.4 Å². The van der Waals surface area contributed by atoms with Crippen molar-refractivity contribution in [2.45, 2.75) is 71.4 Å². The molecule has 4 aliphatic rings. The Morgan fingerprint density at radius 3 is 1.80 bits per heavy atom. The second-order valence-corrected chi connectivity index (χ2v) is 15.1. The third-order valence-electron chi connectivity index (χ3n) is 11.5. The van der Waals surface area contributed by atoms with E-state index in [2.05, 4.69) is 29.2 Å². The molecule has 10 heteroatoms. The molecular formula is C35H45NO8S. The molecule has 2 heterocycles. The van der Waals surface area contributed by atoms with Gasteiger partial charge in [0, 0.05) is 19.0 Å². The Bertz CT molecular complexity index is 1680. The molecule has 3 fully saturated rings. The van der Waals surface area contributed by atoms with Gasteiger partial charge in [0.15, 0.2) is 23.0 Å². The molecule has 1 unspecified atom stereocenters. The summed E-state index contributed by atoms with van der Waals surface area (Å²) in [5.74, 6) is 2.94. The molecule has 0 spiro atoms. The minimum Gasteiger partial charge on any atom is -0.493 e. The number of piperidine rings is 1. The lowest BCUT2D eigenvalue weighted by Crippen LogP contribution is -2.43. The zero-order valence-corrected chi connectivity index (χ0v) is 28.0. The first-order chi connectivity index (χ1) is 21.4. The normalized spacial score (nSPS) is 25.4. The lowest BCUT2D eigenvalue weighted by molar-refractivity contribution is -0.128. The smallest absolute Gasteiger partial charge is 0.265 e. The second-order valence-electron chi connectivity index (χ2n) is 13.7. The Kier molecular flexibility index (Phi) is 8.23. The van der Waals surface area contributed by atoms with Gasteiger partial charge in [-0.15, -0.1) is 0 Å². The molecule has 2 aliphatic heterocycles. The van der Waals surface area contributed by atoms with Crippen LogP contribution >= 0.6 is 0 Å². The van der Waals surface area contributed by atoms with Gasteiger partial charge in [-0.1, -0.05) is 20.3 Å². The van der Waals surface area contributed by atoms with Crippen LogP contribution in [0.4, 0.5) is 0 Å². The number of hydrogen-bond acceptors (Lipinski definition) is 8. The SMILES string of the molecule is CC1(C)[C@H]2CC[C@]1(CS(=O)(=O)O)C(=O)C2.COc1cc2c3c(c4cc(OC)c(OC)cc4c2cc1OC)CN1CCCCC1C3. The number of fused-ring (bicyclic) bond motifs is 9. The van der Waals surface area contributed by atoms with Crippen molar-refractivity contribution in [1.82, 2.24) is 4.90 Å². The Morgan fingerprint density at radius 1 is 0.800 bits per heavy atom. The number of carbonyl (C=O) groups is 1. The molecule has 3 atom stereocenters. The topological polar surface area (TPSA) is 112 Å². The highest BCUT2D eigenvalue weighted by molar-refractivity contribution is 7.85. The highest BCUT2D eigenvalue weighted by atomic mass is 32.2. The summed E-state index contributed by atoms with van der Waals surface area (Å²) in [6, 6.07) is 9.14. The van der Waals surface area contributed by atoms with Crippen LogP contribution in [-0.2, 0) is 27.9 Å². The molecule has 0 amide bonds. The number of Topliss-reactive ketones (excluding diaryl/α,β-unsaturated/α-hetero) is 1. The number of rotatable bonds is 6. The Morgan fingerprint density at radius 2 is 1.33 bits per heavy atom. The quantitative estimate of drug-likeness (QED) is 0.249. The lowest BCUT2D eigenvalue weighted by Gasteiger charge is -2.41. The predicted molar refractivity (Wildman–Crippen MR) is 174 cm³/mol. The van der Waals surface area contributed by atoms with Gasteiger partial charge < -0.3 is 18.9 Å². The van der Waals surface area contributed by atoms with Crippen molar-refractivity contribution >= 4 is 37.4 Å². The highest BCUT2D eigenvalue weighted by Crippen LogP contribution is 2.64. The molecule has 3 aromatic rings. The fourth-order valence-electron chi connectivity index (χ4n) is 8.80. The maximum absolute atomic E-state index is 11.9. The number of ketones is 1. The van der Waals surface area contributed by atoms with E-state index in [4.69, 9.17) is 23.5 Å². The van der Waals surface area contributed by atoms with E-state index in [1.807, 2.05) is 13.8 Å². The first kappa shape index (κ1) is 31.9. The van der Waals surface area contributed by atoms with Crippen LogP contribution in [0.25, 0.3) is 21.5 Å². The van der Waals surface area contributed by atoms with Crippen LogP contribution in [0.3, 0.4) is 0 Å². The molecule has 9 nitrogen and oxygen atoms in total. The monoisotopic (exact) mass is 639 g/mol. The zero-order chi connectivity index (χ0) is 32.3. The fraction of sp³-hybridized carbons (Fsp3) is 0.571. The number of hydrogen-bond donors (Lipinski definition) is 1. The largest absolute Gasteiger partial charge is 0.493 e. The van der Waals surface area contributed by atoms with E-state index in [1.54, 1.807) is 28.4 Å². The van der Waals surface area contributed by atoms with Crippen molar-refractivity contribution in [3.63, 3.8) is 0 Å². The molecular weight excluding hydrogens is 594 g/mol. The van der Waals surface area contributed by atoms with E-state index in [0.29, 0.717) is 18.9 Å². The van der Waals surface area contributed by atoms with Gasteiger partial charge in [-0.05, 0) is 107 Å². The summed E-state index contributed by atoms with van der Waals surface area (Å²) < 4.78 is 53.6. The molecule has 2 aliphatic carbocycles. The summed E-state index contributed by atoms with van der Waals surface area (Å²) in [4.78, 5) is 14.5. The molecule has 0 aromatic heterocycles. The Labute approximate surface area is 265 Å². The van der Waals surface area contributed by atoms with Crippen molar-refractivity contribution in [3.05, 3.63) is 35.4 Å². The molecule has 2 bridgehead atoms. The minimum absolute atomic E-state index is 0.0152. The van der Waals surface area contributed by atoms with Gasteiger partial charge in [0.1, 0.15) is 5.78 Å². The predicted octanol–water partition coefficient (Wildman–Crippen LogP) is 6.21. The molecule has 1 N–H and O–H groups in total. The van der Waals surface area contributed by atoms with E-state index >= 15 is 0 Å². The van der Waals surface area contributed by atoms with Crippen molar-refractivity contribution in [2.75, 3.05) is 40.7 Å². The molecule has 1 saturated heterocycles.